The van der Waals surface area contributed by atoms with Crippen molar-refractivity contribution in [3.8, 4) is 5.88 Å². The molecule has 21 heavy (non-hydrogen) atoms. The van der Waals surface area contributed by atoms with Crippen LogP contribution in [0, 0.1) is 5.41 Å². The Balaban J connectivity index is 1.87. The number of ether oxygens (including phenoxy) is 1. The predicted molar refractivity (Wildman–Crippen MR) is 82.7 cm³/mol. The van der Waals surface area contributed by atoms with E-state index in [1.165, 1.54) is 12.0 Å². The predicted octanol–water partition coefficient (Wildman–Crippen LogP) is 2.82. The number of pyridine rings is 1. The fourth-order valence-electron chi connectivity index (χ4n) is 2.64. The molecule has 2 aromatic rings. The van der Waals surface area contributed by atoms with Crippen molar-refractivity contribution in [1.29, 1.82) is 5.41 Å². The summed E-state index contributed by atoms with van der Waals surface area (Å²) in [5.74, 6) is 0.492. The van der Waals surface area contributed by atoms with E-state index in [0.717, 1.165) is 30.5 Å². The molecule has 0 aliphatic heterocycles. The first-order valence-electron chi connectivity index (χ1n) is 7.28. The molecule has 0 unspecified atom stereocenters. The molecule has 1 aliphatic rings. The minimum Gasteiger partial charge on any atom is -0.472 e. The molecule has 0 atom stereocenters. The van der Waals surface area contributed by atoms with Gasteiger partial charge < -0.3 is 10.5 Å². The van der Waals surface area contributed by atoms with Crippen molar-refractivity contribution in [3.05, 3.63) is 58.8 Å². The lowest BCUT2D eigenvalue weighted by molar-refractivity contribution is 0.291. The number of rotatable bonds is 4. The van der Waals surface area contributed by atoms with Gasteiger partial charge in [-0.25, -0.2) is 4.98 Å². The van der Waals surface area contributed by atoms with Crippen molar-refractivity contribution < 1.29 is 4.74 Å². The van der Waals surface area contributed by atoms with Crippen LogP contribution in [0.2, 0.25) is 0 Å². The smallest absolute Gasteiger partial charge is 0.225 e. The zero-order valence-electron chi connectivity index (χ0n) is 11.9. The third-order valence-electron chi connectivity index (χ3n) is 3.77. The van der Waals surface area contributed by atoms with E-state index in [9.17, 15) is 0 Å². The normalized spacial score (nSPS) is 13.5. The molecule has 3 rings (SSSR count). The standard InChI is InChI=1S/C17H19N3O/c18-16(19)14-10-13-8-4-5-9-15(13)20-17(14)21-11-12-6-2-1-3-7-12/h1-3,6-7,10H,4-5,8-9,11H2,(H3,18,19). The second-order valence-electron chi connectivity index (χ2n) is 5.34. The molecule has 0 radical (unpaired) electrons. The molecule has 0 amide bonds. The second kappa shape index (κ2) is 5.95. The molecule has 4 heteroatoms. The van der Waals surface area contributed by atoms with Gasteiger partial charge in [0.15, 0.2) is 0 Å². The Labute approximate surface area is 124 Å². The number of aromatic nitrogens is 1. The molecule has 0 fully saturated rings. The quantitative estimate of drug-likeness (QED) is 0.668. The summed E-state index contributed by atoms with van der Waals surface area (Å²) in [5.41, 5.74) is 9.66. The summed E-state index contributed by atoms with van der Waals surface area (Å²) in [4.78, 5) is 4.61. The maximum Gasteiger partial charge on any atom is 0.225 e. The molecule has 0 bridgehead atoms. The number of hydrogen-bond acceptors (Lipinski definition) is 3. The fraction of sp³-hybridized carbons (Fsp3) is 0.294. The lowest BCUT2D eigenvalue weighted by Gasteiger charge is -2.18. The van der Waals surface area contributed by atoms with Gasteiger partial charge in [-0.1, -0.05) is 30.3 Å². The van der Waals surface area contributed by atoms with Gasteiger partial charge in [0.2, 0.25) is 5.88 Å². The highest BCUT2D eigenvalue weighted by Crippen LogP contribution is 2.26. The van der Waals surface area contributed by atoms with E-state index < -0.39 is 0 Å². The number of amidine groups is 1. The number of hydrogen-bond donors (Lipinski definition) is 2. The molecule has 1 heterocycles. The first-order valence-corrected chi connectivity index (χ1v) is 7.28. The molecule has 0 saturated heterocycles. The number of fused-ring (bicyclic) bond motifs is 1. The van der Waals surface area contributed by atoms with Crippen LogP contribution in [-0.4, -0.2) is 10.8 Å². The van der Waals surface area contributed by atoms with Crippen LogP contribution in [0.15, 0.2) is 36.4 Å². The summed E-state index contributed by atoms with van der Waals surface area (Å²) in [6.07, 6.45) is 4.34. The first kappa shape index (κ1) is 13.6. The van der Waals surface area contributed by atoms with Gasteiger partial charge in [0.05, 0.1) is 5.56 Å². The summed E-state index contributed by atoms with van der Waals surface area (Å²) < 4.78 is 5.82. The van der Waals surface area contributed by atoms with Crippen LogP contribution >= 0.6 is 0 Å². The highest BCUT2D eigenvalue weighted by atomic mass is 16.5. The van der Waals surface area contributed by atoms with Crippen molar-refractivity contribution in [1.82, 2.24) is 4.98 Å². The largest absolute Gasteiger partial charge is 0.472 e. The Hall–Kier alpha value is -2.36. The fourth-order valence-corrected chi connectivity index (χ4v) is 2.64. The Morgan fingerprint density at radius 2 is 1.95 bits per heavy atom. The summed E-state index contributed by atoms with van der Waals surface area (Å²) in [6, 6.07) is 11.9. The molecular weight excluding hydrogens is 262 g/mol. The number of nitrogens with one attached hydrogen (secondary N) is 1. The van der Waals surface area contributed by atoms with Gasteiger partial charge in [-0.05, 0) is 42.9 Å². The maximum absolute atomic E-state index is 7.73. The van der Waals surface area contributed by atoms with Crippen LogP contribution in [-0.2, 0) is 19.4 Å². The van der Waals surface area contributed by atoms with Crippen molar-refractivity contribution in [2.75, 3.05) is 0 Å². The number of benzene rings is 1. The third kappa shape index (κ3) is 3.05. The van der Waals surface area contributed by atoms with E-state index in [4.69, 9.17) is 15.9 Å². The summed E-state index contributed by atoms with van der Waals surface area (Å²) in [7, 11) is 0. The number of nitrogens with zero attached hydrogens (tertiary/aromatic N) is 1. The monoisotopic (exact) mass is 281 g/mol. The van der Waals surface area contributed by atoms with Crippen LogP contribution in [0.25, 0.3) is 0 Å². The van der Waals surface area contributed by atoms with Gasteiger partial charge in [0.25, 0.3) is 0 Å². The van der Waals surface area contributed by atoms with Crippen LogP contribution in [0.1, 0.15) is 35.2 Å². The van der Waals surface area contributed by atoms with Gasteiger partial charge in [-0.2, -0.15) is 0 Å². The Bertz CT molecular complexity index is 653. The summed E-state index contributed by atoms with van der Waals surface area (Å²) >= 11 is 0. The van der Waals surface area contributed by atoms with Crippen molar-refractivity contribution >= 4 is 5.84 Å². The van der Waals surface area contributed by atoms with E-state index in [1.54, 1.807) is 0 Å². The Kier molecular flexibility index (Phi) is 3.86. The molecule has 4 nitrogen and oxygen atoms in total. The van der Waals surface area contributed by atoms with Crippen LogP contribution < -0.4 is 10.5 Å². The minimum atomic E-state index is 0.0129. The number of nitrogens with two attached hydrogens (primary N) is 1. The summed E-state index contributed by atoms with van der Waals surface area (Å²) in [5, 5.41) is 7.73. The number of aryl methyl sites for hydroxylation is 2. The molecular formula is C17H19N3O. The number of nitrogen functional groups attached to an aromatic ring is 1. The highest BCUT2D eigenvalue weighted by Gasteiger charge is 2.17. The highest BCUT2D eigenvalue weighted by molar-refractivity contribution is 5.97. The zero-order valence-corrected chi connectivity index (χ0v) is 11.9. The van der Waals surface area contributed by atoms with E-state index >= 15 is 0 Å². The van der Waals surface area contributed by atoms with Crippen LogP contribution in [0.4, 0.5) is 0 Å². The zero-order chi connectivity index (χ0) is 14.7. The topological polar surface area (TPSA) is 72.0 Å². The Morgan fingerprint density at radius 1 is 1.19 bits per heavy atom. The molecule has 0 spiro atoms. The third-order valence-corrected chi connectivity index (χ3v) is 3.77. The first-order chi connectivity index (χ1) is 10.2. The van der Waals surface area contributed by atoms with Crippen molar-refractivity contribution in [2.24, 2.45) is 5.73 Å². The van der Waals surface area contributed by atoms with Crippen LogP contribution in [0.3, 0.4) is 0 Å². The van der Waals surface area contributed by atoms with E-state index in [-0.39, 0.29) is 5.84 Å². The molecule has 1 aliphatic carbocycles. The van der Waals surface area contributed by atoms with E-state index in [1.807, 2.05) is 36.4 Å². The Morgan fingerprint density at radius 3 is 2.71 bits per heavy atom. The van der Waals surface area contributed by atoms with E-state index in [0.29, 0.717) is 18.1 Å². The lowest BCUT2D eigenvalue weighted by Crippen LogP contribution is -2.17. The average Bonchev–Trinajstić information content (AvgIpc) is 2.53. The van der Waals surface area contributed by atoms with Crippen molar-refractivity contribution in [2.45, 2.75) is 32.3 Å². The van der Waals surface area contributed by atoms with E-state index in [2.05, 4.69) is 4.98 Å². The lowest BCUT2D eigenvalue weighted by atomic mass is 9.95. The molecule has 1 aromatic heterocycles. The molecule has 108 valence electrons. The van der Waals surface area contributed by atoms with Gasteiger partial charge >= 0.3 is 0 Å². The van der Waals surface area contributed by atoms with Gasteiger partial charge in [0, 0.05) is 5.69 Å². The van der Waals surface area contributed by atoms with Gasteiger partial charge in [0.1, 0.15) is 12.4 Å². The van der Waals surface area contributed by atoms with Crippen molar-refractivity contribution in [3.63, 3.8) is 0 Å². The van der Waals surface area contributed by atoms with Gasteiger partial charge in [-0.15, -0.1) is 0 Å². The maximum atomic E-state index is 7.73. The van der Waals surface area contributed by atoms with Crippen LogP contribution in [0.5, 0.6) is 5.88 Å². The molecule has 1 aromatic carbocycles. The second-order valence-corrected chi connectivity index (χ2v) is 5.34. The summed E-state index contributed by atoms with van der Waals surface area (Å²) in [6.45, 7) is 0.437. The minimum absolute atomic E-state index is 0.0129. The molecule has 3 N–H and O–H groups in total. The SMILES string of the molecule is N=C(N)c1cc2c(nc1OCc1ccccc1)CCCC2. The van der Waals surface area contributed by atoms with Gasteiger partial charge in [-0.3, -0.25) is 5.41 Å². The molecule has 0 saturated carbocycles. The average molecular weight is 281 g/mol.